The van der Waals surface area contributed by atoms with Crippen LogP contribution in [0.3, 0.4) is 0 Å². The van der Waals surface area contributed by atoms with Crippen molar-refractivity contribution >= 4 is 81.4 Å². The average Bonchev–Trinajstić information content (AvgIpc) is 3.18. The molecule has 0 aromatic heterocycles. The molecule has 2 bridgehead atoms. The maximum absolute atomic E-state index is 13.8. The van der Waals surface area contributed by atoms with Crippen molar-refractivity contribution in [3.8, 4) is 0 Å². The van der Waals surface area contributed by atoms with Crippen molar-refractivity contribution in [1.82, 2.24) is 0 Å². The van der Waals surface area contributed by atoms with Gasteiger partial charge in [-0.15, -0.1) is 0 Å². The number of imide groups is 2. The Balaban J connectivity index is 1.48. The molecule has 2 aromatic carbocycles. The van der Waals surface area contributed by atoms with Gasteiger partial charge in [-0.25, -0.2) is 9.80 Å². The second kappa shape index (κ2) is 7.81. The first kappa shape index (κ1) is 24.0. The van der Waals surface area contributed by atoms with E-state index in [9.17, 15) is 19.2 Å². The molecule has 0 spiro atoms. The highest BCUT2D eigenvalue weighted by atomic mass is 35.5. The lowest BCUT2D eigenvalue weighted by Crippen LogP contribution is -2.57. The minimum atomic E-state index is -1.05. The fourth-order valence-electron chi connectivity index (χ4n) is 7.01. The summed E-state index contributed by atoms with van der Waals surface area (Å²) in [4.78, 5) is 57.5. The molecule has 2 saturated heterocycles. The number of nitrogens with zero attached hydrogens (tertiary/aromatic N) is 2. The van der Waals surface area contributed by atoms with Gasteiger partial charge in [-0.05, 0) is 43.3 Å². The lowest BCUT2D eigenvalue weighted by Gasteiger charge is -2.53. The summed E-state index contributed by atoms with van der Waals surface area (Å²) < 4.78 is 0. The predicted octanol–water partition coefficient (Wildman–Crippen LogP) is 5.81. The van der Waals surface area contributed by atoms with Crippen LogP contribution in [-0.4, -0.2) is 23.6 Å². The van der Waals surface area contributed by atoms with Gasteiger partial charge < -0.3 is 0 Å². The van der Waals surface area contributed by atoms with Crippen molar-refractivity contribution in [3.05, 3.63) is 68.1 Å². The fourth-order valence-corrected chi connectivity index (χ4v) is 8.04. The zero-order valence-corrected chi connectivity index (χ0v) is 22.0. The zero-order valence-electron chi connectivity index (χ0n) is 19.0. The van der Waals surface area contributed by atoms with E-state index in [2.05, 4.69) is 0 Å². The van der Waals surface area contributed by atoms with Crippen LogP contribution in [0.1, 0.15) is 13.8 Å². The van der Waals surface area contributed by atoms with E-state index in [0.717, 1.165) is 15.4 Å². The molecule has 0 N–H and O–H groups in total. The Bertz CT molecular complexity index is 1320. The maximum atomic E-state index is 13.8. The number of carbonyl (C=O) groups excluding carboxylic acids is 4. The molecule has 3 fully saturated rings. The Hall–Kier alpha value is -2.38. The summed E-state index contributed by atoms with van der Waals surface area (Å²) in [6, 6.07) is 9.05. The summed E-state index contributed by atoms with van der Waals surface area (Å²) in [6.45, 7) is 3.64. The standard InChI is InChI=1S/C26H18Cl4N2O4/c1-10-9-26(2)20-18(22(33)31(24(20)35)15-5-11(27)3-12(28)6-15)17(10)19-21(26)25(36)32(23(19)34)16-7-13(29)4-14(30)8-16/h3-9,17-21H,1-2H3. The summed E-state index contributed by atoms with van der Waals surface area (Å²) in [5.74, 6) is -5.49. The van der Waals surface area contributed by atoms with Crippen LogP contribution in [0, 0.1) is 35.0 Å². The third-order valence-electron chi connectivity index (χ3n) is 8.09. The van der Waals surface area contributed by atoms with Crippen LogP contribution in [0.4, 0.5) is 11.4 Å². The summed E-state index contributed by atoms with van der Waals surface area (Å²) in [5.41, 5.74) is 0.312. The van der Waals surface area contributed by atoms with E-state index in [-0.39, 0.29) is 31.5 Å². The predicted molar refractivity (Wildman–Crippen MR) is 137 cm³/mol. The minimum Gasteiger partial charge on any atom is -0.274 e. The Morgan fingerprint density at radius 1 is 0.611 bits per heavy atom. The molecule has 3 aliphatic carbocycles. The topological polar surface area (TPSA) is 74.8 Å². The number of amides is 4. The lowest BCUT2D eigenvalue weighted by molar-refractivity contribution is -0.146. The molecule has 4 amide bonds. The molecule has 2 aromatic rings. The molecule has 4 atom stereocenters. The molecule has 4 unspecified atom stereocenters. The fraction of sp³-hybridized carbons (Fsp3) is 0.308. The number of halogens is 4. The normalized spacial score (nSPS) is 32.8. The smallest absolute Gasteiger partial charge is 0.238 e. The van der Waals surface area contributed by atoms with Crippen molar-refractivity contribution in [2.45, 2.75) is 13.8 Å². The second-order valence-electron chi connectivity index (χ2n) is 10.1. The lowest BCUT2D eigenvalue weighted by atomic mass is 9.46. The van der Waals surface area contributed by atoms with Gasteiger partial charge in [0.15, 0.2) is 0 Å². The summed E-state index contributed by atoms with van der Waals surface area (Å²) >= 11 is 24.6. The van der Waals surface area contributed by atoms with Crippen molar-refractivity contribution in [2.75, 3.05) is 9.80 Å². The third-order valence-corrected chi connectivity index (χ3v) is 8.96. The van der Waals surface area contributed by atoms with Gasteiger partial charge in [-0.1, -0.05) is 65.0 Å². The number of hydrogen-bond donors (Lipinski definition) is 0. The van der Waals surface area contributed by atoms with Gasteiger partial charge in [-0.3, -0.25) is 19.2 Å². The average molecular weight is 564 g/mol. The summed E-state index contributed by atoms with van der Waals surface area (Å²) in [5, 5.41) is 1.15. The van der Waals surface area contributed by atoms with Gasteiger partial charge in [-0.2, -0.15) is 0 Å². The number of rotatable bonds is 2. The summed E-state index contributed by atoms with van der Waals surface area (Å²) in [6.07, 6.45) is 1.90. The minimum absolute atomic E-state index is 0.274. The molecule has 0 radical (unpaired) electrons. The van der Waals surface area contributed by atoms with Gasteiger partial charge in [0.25, 0.3) is 0 Å². The van der Waals surface area contributed by atoms with Gasteiger partial charge >= 0.3 is 0 Å². The molecule has 2 aliphatic heterocycles. The van der Waals surface area contributed by atoms with Gasteiger partial charge in [0.2, 0.25) is 23.6 Å². The molecule has 10 heteroatoms. The quantitative estimate of drug-likeness (QED) is 0.341. The van der Waals surface area contributed by atoms with E-state index >= 15 is 0 Å². The third kappa shape index (κ3) is 3.05. The van der Waals surface area contributed by atoms with E-state index in [1.165, 1.54) is 36.4 Å². The monoisotopic (exact) mass is 562 g/mol. The zero-order chi connectivity index (χ0) is 25.8. The Morgan fingerprint density at radius 2 is 0.972 bits per heavy atom. The van der Waals surface area contributed by atoms with Crippen LogP contribution in [0.5, 0.6) is 0 Å². The molecular formula is C26H18Cl4N2O4. The number of allylic oxidation sites excluding steroid dienone is 2. The molecule has 7 rings (SSSR count). The Kier molecular flexibility index (Phi) is 5.20. The summed E-state index contributed by atoms with van der Waals surface area (Å²) in [7, 11) is 0. The molecule has 2 heterocycles. The van der Waals surface area contributed by atoms with E-state index in [1.54, 1.807) is 6.92 Å². The molecule has 184 valence electrons. The van der Waals surface area contributed by atoms with Crippen LogP contribution in [-0.2, 0) is 19.2 Å². The highest BCUT2D eigenvalue weighted by molar-refractivity contribution is 6.37. The largest absolute Gasteiger partial charge is 0.274 e. The van der Waals surface area contributed by atoms with E-state index in [1.807, 2.05) is 13.0 Å². The second-order valence-corrected chi connectivity index (χ2v) is 11.8. The van der Waals surface area contributed by atoms with E-state index in [4.69, 9.17) is 46.4 Å². The van der Waals surface area contributed by atoms with Crippen LogP contribution in [0.25, 0.3) is 0 Å². The van der Waals surface area contributed by atoms with Crippen molar-refractivity contribution < 1.29 is 19.2 Å². The number of carbonyl (C=O) groups is 4. The molecular weight excluding hydrogens is 546 g/mol. The SMILES string of the molecule is CC1=CC2(C)C3C(=O)N(c4cc(Cl)cc(Cl)c4)C(=O)C3C1C1C(=O)N(c3cc(Cl)cc(Cl)c3)C(=O)C12. The highest BCUT2D eigenvalue weighted by Gasteiger charge is 2.74. The van der Waals surface area contributed by atoms with E-state index < -0.39 is 58.6 Å². The van der Waals surface area contributed by atoms with Gasteiger partial charge in [0.1, 0.15) is 0 Å². The van der Waals surface area contributed by atoms with Crippen LogP contribution in [0.15, 0.2) is 48.0 Å². The van der Waals surface area contributed by atoms with Gasteiger partial charge in [0.05, 0.1) is 35.0 Å². The number of hydrogen-bond acceptors (Lipinski definition) is 4. The van der Waals surface area contributed by atoms with Crippen molar-refractivity contribution in [2.24, 2.45) is 35.0 Å². The van der Waals surface area contributed by atoms with Crippen molar-refractivity contribution in [3.63, 3.8) is 0 Å². The van der Waals surface area contributed by atoms with Gasteiger partial charge in [0, 0.05) is 31.4 Å². The first-order chi connectivity index (χ1) is 16.9. The molecule has 5 aliphatic rings. The highest BCUT2D eigenvalue weighted by Crippen LogP contribution is 2.66. The maximum Gasteiger partial charge on any atom is 0.238 e. The van der Waals surface area contributed by atoms with Crippen LogP contribution in [0.2, 0.25) is 20.1 Å². The van der Waals surface area contributed by atoms with E-state index in [0.29, 0.717) is 0 Å². The first-order valence-corrected chi connectivity index (χ1v) is 12.8. The first-order valence-electron chi connectivity index (χ1n) is 11.3. The number of benzene rings is 2. The van der Waals surface area contributed by atoms with Crippen LogP contribution < -0.4 is 9.80 Å². The Labute approximate surface area is 226 Å². The number of anilines is 2. The Morgan fingerprint density at radius 3 is 1.33 bits per heavy atom. The van der Waals surface area contributed by atoms with Crippen molar-refractivity contribution in [1.29, 1.82) is 0 Å². The van der Waals surface area contributed by atoms with Crippen LogP contribution >= 0.6 is 46.4 Å². The molecule has 1 saturated carbocycles. The molecule has 6 nitrogen and oxygen atoms in total. The molecule has 36 heavy (non-hydrogen) atoms.